The molecule has 0 amide bonds. The van der Waals surface area contributed by atoms with Crippen LogP contribution >= 0.6 is 0 Å². The standard InChI is InChI=1S/C22H25N5/c1-16-4-5-19(23-2)9-21(16)27-13-18(11-25-27)17-8-20(12-24-10-17)26-14-22(15-26)6-3-7-22/h4-5,8-13,23H,3,6-7,14-15H2,1-2H3. The molecular weight excluding hydrogens is 334 g/mol. The Hall–Kier alpha value is -2.82. The van der Waals surface area contributed by atoms with E-state index in [-0.39, 0.29) is 0 Å². The minimum absolute atomic E-state index is 0.622. The Bertz CT molecular complexity index is 978. The maximum Gasteiger partial charge on any atom is 0.0695 e. The van der Waals surface area contributed by atoms with Crippen molar-refractivity contribution in [2.24, 2.45) is 5.41 Å². The lowest BCUT2D eigenvalue weighted by molar-refractivity contribution is 0.0904. The van der Waals surface area contributed by atoms with E-state index in [1.165, 1.54) is 43.6 Å². The first kappa shape index (κ1) is 16.4. The van der Waals surface area contributed by atoms with Gasteiger partial charge in [0.25, 0.3) is 0 Å². The number of aryl methyl sites for hydroxylation is 1. The van der Waals surface area contributed by atoms with Crippen LogP contribution in [0.1, 0.15) is 24.8 Å². The molecule has 1 aromatic carbocycles. The Labute approximate surface area is 160 Å². The monoisotopic (exact) mass is 359 g/mol. The van der Waals surface area contributed by atoms with Crippen LogP contribution in [0.4, 0.5) is 11.4 Å². The number of anilines is 2. The molecule has 5 nitrogen and oxygen atoms in total. The molecule has 0 bridgehead atoms. The Morgan fingerprint density at radius 1 is 1.04 bits per heavy atom. The molecule has 5 heteroatoms. The van der Waals surface area contributed by atoms with Crippen molar-refractivity contribution in [3.8, 4) is 16.8 Å². The molecular formula is C22H25N5. The fourth-order valence-corrected chi connectivity index (χ4v) is 4.31. The van der Waals surface area contributed by atoms with Gasteiger partial charge in [-0.25, -0.2) is 4.68 Å². The van der Waals surface area contributed by atoms with Crippen molar-refractivity contribution in [3.05, 3.63) is 54.6 Å². The van der Waals surface area contributed by atoms with E-state index >= 15 is 0 Å². The first-order valence-corrected chi connectivity index (χ1v) is 9.70. The van der Waals surface area contributed by atoms with E-state index in [0.29, 0.717) is 5.41 Å². The van der Waals surface area contributed by atoms with Gasteiger partial charge < -0.3 is 10.2 Å². The molecule has 1 spiro atoms. The Morgan fingerprint density at radius 3 is 2.63 bits per heavy atom. The van der Waals surface area contributed by atoms with Crippen LogP contribution in [-0.4, -0.2) is 34.9 Å². The predicted molar refractivity (Wildman–Crippen MR) is 110 cm³/mol. The number of nitrogens with zero attached hydrogens (tertiary/aromatic N) is 4. The normalized spacial score (nSPS) is 17.5. The van der Waals surface area contributed by atoms with E-state index in [2.05, 4.69) is 57.7 Å². The van der Waals surface area contributed by atoms with Gasteiger partial charge in [0.15, 0.2) is 0 Å². The molecule has 3 aromatic rings. The van der Waals surface area contributed by atoms with Crippen LogP contribution in [0.25, 0.3) is 16.8 Å². The van der Waals surface area contributed by atoms with Crippen LogP contribution in [0.2, 0.25) is 0 Å². The van der Waals surface area contributed by atoms with E-state index in [1.807, 2.05) is 30.3 Å². The van der Waals surface area contributed by atoms with Gasteiger partial charge in [-0.3, -0.25) is 4.98 Å². The first-order chi connectivity index (χ1) is 13.2. The number of hydrogen-bond donors (Lipinski definition) is 1. The molecule has 3 heterocycles. The van der Waals surface area contributed by atoms with Crippen LogP contribution in [0.5, 0.6) is 0 Å². The highest BCUT2D eigenvalue weighted by atomic mass is 15.3. The summed E-state index contributed by atoms with van der Waals surface area (Å²) in [5.74, 6) is 0. The zero-order valence-corrected chi connectivity index (χ0v) is 15.9. The SMILES string of the molecule is CNc1ccc(C)c(-n2cc(-c3cncc(N4CC5(CCC5)C4)c3)cn2)c1. The number of nitrogens with one attached hydrogen (secondary N) is 1. The van der Waals surface area contributed by atoms with Crippen LogP contribution in [0, 0.1) is 12.3 Å². The molecule has 1 saturated carbocycles. The number of hydrogen-bond acceptors (Lipinski definition) is 4. The summed E-state index contributed by atoms with van der Waals surface area (Å²) in [7, 11) is 1.93. The number of rotatable bonds is 4. The Kier molecular flexibility index (Phi) is 3.71. The maximum atomic E-state index is 4.60. The van der Waals surface area contributed by atoms with Gasteiger partial charge in [0.05, 0.1) is 23.8 Å². The van der Waals surface area contributed by atoms with E-state index in [9.17, 15) is 0 Å². The lowest BCUT2D eigenvalue weighted by Crippen LogP contribution is -2.59. The lowest BCUT2D eigenvalue weighted by atomic mass is 9.63. The van der Waals surface area contributed by atoms with Gasteiger partial charge in [0.1, 0.15) is 0 Å². The van der Waals surface area contributed by atoms with Gasteiger partial charge >= 0.3 is 0 Å². The van der Waals surface area contributed by atoms with Crippen molar-refractivity contribution in [2.75, 3.05) is 30.4 Å². The minimum atomic E-state index is 0.622. The molecule has 1 aliphatic carbocycles. The van der Waals surface area contributed by atoms with Gasteiger partial charge in [-0.2, -0.15) is 5.10 Å². The largest absolute Gasteiger partial charge is 0.388 e. The highest BCUT2D eigenvalue weighted by molar-refractivity contribution is 5.67. The fraction of sp³-hybridized carbons (Fsp3) is 0.364. The second-order valence-electron chi connectivity index (χ2n) is 8.07. The summed E-state index contributed by atoms with van der Waals surface area (Å²) in [5.41, 5.74) is 7.43. The first-order valence-electron chi connectivity index (χ1n) is 9.70. The van der Waals surface area contributed by atoms with Crippen molar-refractivity contribution in [3.63, 3.8) is 0 Å². The third-order valence-corrected chi connectivity index (χ3v) is 6.22. The van der Waals surface area contributed by atoms with E-state index in [1.54, 1.807) is 0 Å². The highest BCUT2D eigenvalue weighted by Crippen LogP contribution is 2.49. The van der Waals surface area contributed by atoms with Crippen molar-refractivity contribution in [1.29, 1.82) is 0 Å². The van der Waals surface area contributed by atoms with Crippen molar-refractivity contribution < 1.29 is 0 Å². The predicted octanol–water partition coefficient (Wildman–Crippen LogP) is 4.27. The molecule has 2 fully saturated rings. The molecule has 5 rings (SSSR count). The molecule has 27 heavy (non-hydrogen) atoms. The van der Waals surface area contributed by atoms with Gasteiger partial charge in [-0.05, 0) is 43.5 Å². The second-order valence-corrected chi connectivity index (χ2v) is 8.07. The molecule has 0 radical (unpaired) electrons. The smallest absolute Gasteiger partial charge is 0.0695 e. The molecule has 1 N–H and O–H groups in total. The summed E-state index contributed by atoms with van der Waals surface area (Å²) in [6.45, 7) is 4.49. The Balaban J connectivity index is 1.41. The maximum absolute atomic E-state index is 4.60. The second kappa shape index (κ2) is 6.12. The molecule has 1 aliphatic heterocycles. The molecule has 0 atom stereocenters. The fourth-order valence-electron chi connectivity index (χ4n) is 4.31. The van der Waals surface area contributed by atoms with Crippen molar-refractivity contribution >= 4 is 11.4 Å². The van der Waals surface area contributed by atoms with Gasteiger partial charge in [0, 0.05) is 54.8 Å². The van der Waals surface area contributed by atoms with Crippen molar-refractivity contribution in [1.82, 2.24) is 14.8 Å². The molecule has 2 aliphatic rings. The highest BCUT2D eigenvalue weighted by Gasteiger charge is 2.47. The molecule has 2 aromatic heterocycles. The zero-order chi connectivity index (χ0) is 18.4. The molecule has 0 unspecified atom stereocenters. The topological polar surface area (TPSA) is 46.0 Å². The Morgan fingerprint density at radius 2 is 1.89 bits per heavy atom. The van der Waals surface area contributed by atoms with Gasteiger partial charge in [-0.15, -0.1) is 0 Å². The third kappa shape index (κ3) is 2.78. The van der Waals surface area contributed by atoms with Gasteiger partial charge in [0.2, 0.25) is 0 Å². The van der Waals surface area contributed by atoms with Crippen LogP contribution < -0.4 is 10.2 Å². The summed E-state index contributed by atoms with van der Waals surface area (Å²) < 4.78 is 1.95. The average Bonchev–Trinajstić information content (AvgIpc) is 3.10. The average molecular weight is 359 g/mol. The van der Waals surface area contributed by atoms with Crippen molar-refractivity contribution in [2.45, 2.75) is 26.2 Å². The summed E-state index contributed by atoms with van der Waals surface area (Å²) in [5, 5.41) is 7.80. The van der Waals surface area contributed by atoms with Crippen LogP contribution in [0.15, 0.2) is 49.1 Å². The van der Waals surface area contributed by atoms with Gasteiger partial charge in [-0.1, -0.05) is 12.5 Å². The summed E-state index contributed by atoms with van der Waals surface area (Å²) in [4.78, 5) is 6.95. The summed E-state index contributed by atoms with van der Waals surface area (Å²) >= 11 is 0. The minimum Gasteiger partial charge on any atom is -0.388 e. The summed E-state index contributed by atoms with van der Waals surface area (Å²) in [6, 6.07) is 8.57. The summed E-state index contributed by atoms with van der Waals surface area (Å²) in [6.07, 6.45) is 12.1. The zero-order valence-electron chi connectivity index (χ0n) is 15.9. The number of aromatic nitrogens is 3. The third-order valence-electron chi connectivity index (χ3n) is 6.22. The number of pyridine rings is 1. The van der Waals surface area contributed by atoms with E-state index < -0.39 is 0 Å². The molecule has 1 saturated heterocycles. The van der Waals surface area contributed by atoms with Crippen LogP contribution in [-0.2, 0) is 0 Å². The number of benzene rings is 1. The van der Waals surface area contributed by atoms with E-state index in [4.69, 9.17) is 0 Å². The van der Waals surface area contributed by atoms with E-state index in [0.717, 1.165) is 22.5 Å². The quantitative estimate of drug-likeness (QED) is 0.755. The molecule has 138 valence electrons. The lowest BCUT2D eigenvalue weighted by Gasteiger charge is -2.56. The van der Waals surface area contributed by atoms with Crippen LogP contribution in [0.3, 0.4) is 0 Å².